The van der Waals surface area contributed by atoms with Gasteiger partial charge >= 0.3 is 0 Å². The smallest absolute Gasteiger partial charge is 0.285 e. The van der Waals surface area contributed by atoms with Gasteiger partial charge in [0.2, 0.25) is 0 Å². The van der Waals surface area contributed by atoms with E-state index in [1.54, 1.807) is 0 Å². The Labute approximate surface area is 104 Å². The van der Waals surface area contributed by atoms with Crippen molar-refractivity contribution in [2.75, 3.05) is 11.9 Å². The third kappa shape index (κ3) is 2.98. The first-order valence-electron chi connectivity index (χ1n) is 5.83. The molecule has 0 amide bonds. The fourth-order valence-electron chi connectivity index (χ4n) is 2.23. The molecule has 1 unspecified atom stereocenters. The molecular formula is C11H16ClN3O2. The van der Waals surface area contributed by atoms with Crippen LogP contribution < -0.4 is 10.9 Å². The molecule has 1 aliphatic carbocycles. The quantitative estimate of drug-likeness (QED) is 0.762. The van der Waals surface area contributed by atoms with Crippen molar-refractivity contribution in [1.29, 1.82) is 0 Å². The molecule has 5 nitrogen and oxygen atoms in total. The van der Waals surface area contributed by atoms with E-state index in [9.17, 15) is 9.90 Å². The van der Waals surface area contributed by atoms with Gasteiger partial charge in [0.15, 0.2) is 0 Å². The predicted octanol–water partition coefficient (Wildman–Crippen LogP) is 1.39. The Bertz CT molecular complexity index is 429. The predicted molar refractivity (Wildman–Crippen MR) is 66.3 cm³/mol. The summed E-state index contributed by atoms with van der Waals surface area (Å²) in [6.07, 6.45) is 5.58. The zero-order valence-corrected chi connectivity index (χ0v) is 10.2. The second kappa shape index (κ2) is 5.51. The van der Waals surface area contributed by atoms with E-state index < -0.39 is 11.7 Å². The van der Waals surface area contributed by atoms with Crippen LogP contribution in [0.3, 0.4) is 0 Å². The number of aromatic amines is 1. The first-order valence-corrected chi connectivity index (χ1v) is 6.21. The Balaban J connectivity index is 1.93. The molecule has 1 aromatic heterocycles. The average Bonchev–Trinajstić information content (AvgIpc) is 2.84. The van der Waals surface area contributed by atoms with Crippen molar-refractivity contribution in [1.82, 2.24) is 10.2 Å². The number of aliphatic hydroxyl groups is 1. The van der Waals surface area contributed by atoms with Crippen molar-refractivity contribution >= 4 is 17.3 Å². The van der Waals surface area contributed by atoms with Crippen LogP contribution >= 0.6 is 11.6 Å². The molecule has 0 saturated heterocycles. The highest BCUT2D eigenvalue weighted by Crippen LogP contribution is 2.28. The Morgan fingerprint density at radius 1 is 1.59 bits per heavy atom. The van der Waals surface area contributed by atoms with Gasteiger partial charge in [-0.25, -0.2) is 5.10 Å². The number of nitrogens with zero attached hydrogens (tertiary/aromatic N) is 1. The van der Waals surface area contributed by atoms with Gasteiger partial charge in [-0.3, -0.25) is 4.79 Å². The molecule has 3 N–H and O–H groups in total. The van der Waals surface area contributed by atoms with Crippen LogP contribution in [0.1, 0.15) is 25.7 Å². The molecule has 0 bridgehead atoms. The molecule has 17 heavy (non-hydrogen) atoms. The van der Waals surface area contributed by atoms with E-state index in [4.69, 9.17) is 11.6 Å². The minimum Gasteiger partial charge on any atom is -0.391 e. The van der Waals surface area contributed by atoms with Crippen LogP contribution in [0, 0.1) is 5.92 Å². The minimum absolute atomic E-state index is 0.0821. The Kier molecular flexibility index (Phi) is 4.02. The summed E-state index contributed by atoms with van der Waals surface area (Å²) in [4.78, 5) is 11.2. The van der Waals surface area contributed by atoms with Gasteiger partial charge in [0.05, 0.1) is 18.0 Å². The number of H-pyrrole nitrogens is 1. The Morgan fingerprint density at radius 2 is 2.29 bits per heavy atom. The lowest BCUT2D eigenvalue weighted by Gasteiger charge is -2.18. The number of nitrogens with one attached hydrogen (secondary N) is 2. The highest BCUT2D eigenvalue weighted by atomic mass is 35.5. The van der Waals surface area contributed by atoms with Crippen LogP contribution in [0.5, 0.6) is 0 Å². The summed E-state index contributed by atoms with van der Waals surface area (Å²) in [6, 6.07) is 0. The zero-order valence-electron chi connectivity index (χ0n) is 9.45. The molecule has 94 valence electrons. The third-order valence-electron chi connectivity index (χ3n) is 3.24. The van der Waals surface area contributed by atoms with E-state index >= 15 is 0 Å². The monoisotopic (exact) mass is 257 g/mol. The topological polar surface area (TPSA) is 78.0 Å². The lowest BCUT2D eigenvalue weighted by atomic mass is 10.0. The van der Waals surface area contributed by atoms with Crippen molar-refractivity contribution in [3.63, 3.8) is 0 Å². The fourth-order valence-corrected chi connectivity index (χ4v) is 2.39. The van der Waals surface area contributed by atoms with Gasteiger partial charge in [-0.05, 0) is 18.8 Å². The molecule has 1 atom stereocenters. The van der Waals surface area contributed by atoms with Crippen molar-refractivity contribution in [2.24, 2.45) is 5.92 Å². The molecule has 1 aromatic rings. The third-order valence-corrected chi connectivity index (χ3v) is 3.62. The molecule has 2 rings (SSSR count). The van der Waals surface area contributed by atoms with Crippen LogP contribution in [0.25, 0.3) is 0 Å². The number of aromatic nitrogens is 2. The first-order chi connectivity index (χ1) is 8.18. The maximum atomic E-state index is 11.2. The molecule has 1 fully saturated rings. The Hall–Kier alpha value is -1.07. The lowest BCUT2D eigenvalue weighted by molar-refractivity contribution is 0.123. The molecule has 0 spiro atoms. The van der Waals surface area contributed by atoms with Crippen LogP contribution in [0.4, 0.5) is 5.69 Å². The second-order valence-corrected chi connectivity index (χ2v) is 4.80. The highest BCUT2D eigenvalue weighted by molar-refractivity contribution is 6.32. The maximum absolute atomic E-state index is 11.2. The van der Waals surface area contributed by atoms with E-state index in [1.807, 2.05) is 0 Å². The average molecular weight is 258 g/mol. The van der Waals surface area contributed by atoms with Crippen molar-refractivity contribution in [3.8, 4) is 0 Å². The Morgan fingerprint density at radius 3 is 3.00 bits per heavy atom. The van der Waals surface area contributed by atoms with Crippen molar-refractivity contribution in [2.45, 2.75) is 31.8 Å². The largest absolute Gasteiger partial charge is 0.391 e. The van der Waals surface area contributed by atoms with Gasteiger partial charge in [0.1, 0.15) is 5.02 Å². The van der Waals surface area contributed by atoms with E-state index in [2.05, 4.69) is 15.5 Å². The normalized spacial score (nSPS) is 18.2. The van der Waals surface area contributed by atoms with Gasteiger partial charge in [-0.2, -0.15) is 5.10 Å². The van der Waals surface area contributed by atoms with Crippen LogP contribution in [-0.2, 0) is 0 Å². The number of hydrogen-bond acceptors (Lipinski definition) is 4. The SMILES string of the molecule is O=c1[nH]ncc(NCC(O)C2CCCC2)c1Cl. The standard InChI is InChI=1S/C11H16ClN3O2/c12-10-8(5-14-15-11(10)17)13-6-9(16)7-3-1-2-4-7/h5,7,9,16H,1-4,6H2,(H2,13,15,17). The van der Waals surface area contributed by atoms with Gasteiger partial charge < -0.3 is 10.4 Å². The van der Waals surface area contributed by atoms with Crippen LogP contribution in [0.15, 0.2) is 11.0 Å². The number of hydrogen-bond donors (Lipinski definition) is 3. The summed E-state index contributed by atoms with van der Waals surface area (Å²) < 4.78 is 0. The van der Waals surface area contributed by atoms with Gasteiger partial charge in [0, 0.05) is 6.54 Å². The van der Waals surface area contributed by atoms with E-state index in [0.29, 0.717) is 18.2 Å². The van der Waals surface area contributed by atoms with Crippen molar-refractivity contribution < 1.29 is 5.11 Å². The summed E-state index contributed by atoms with van der Waals surface area (Å²) in [6.45, 7) is 0.398. The summed E-state index contributed by atoms with van der Waals surface area (Å²) in [7, 11) is 0. The molecule has 1 aliphatic rings. The zero-order chi connectivity index (χ0) is 12.3. The number of rotatable bonds is 4. The maximum Gasteiger partial charge on any atom is 0.285 e. The fraction of sp³-hybridized carbons (Fsp3) is 0.636. The van der Waals surface area contributed by atoms with Gasteiger partial charge in [-0.15, -0.1) is 0 Å². The van der Waals surface area contributed by atoms with E-state index in [-0.39, 0.29) is 5.02 Å². The number of aliphatic hydroxyl groups excluding tert-OH is 1. The molecule has 1 saturated carbocycles. The van der Waals surface area contributed by atoms with E-state index in [0.717, 1.165) is 12.8 Å². The van der Waals surface area contributed by atoms with Gasteiger partial charge in [0.25, 0.3) is 5.56 Å². The first kappa shape index (κ1) is 12.4. The molecule has 0 radical (unpaired) electrons. The molecule has 0 aliphatic heterocycles. The summed E-state index contributed by atoms with van der Waals surface area (Å²) in [5, 5.41) is 18.9. The van der Waals surface area contributed by atoms with Crippen LogP contribution in [-0.4, -0.2) is 28.0 Å². The molecule has 6 heteroatoms. The molecule has 1 heterocycles. The summed E-state index contributed by atoms with van der Waals surface area (Å²) >= 11 is 5.81. The molecular weight excluding hydrogens is 242 g/mol. The number of anilines is 1. The van der Waals surface area contributed by atoms with E-state index in [1.165, 1.54) is 19.0 Å². The summed E-state index contributed by atoms with van der Waals surface area (Å²) in [5.41, 5.74) is 0.0412. The van der Waals surface area contributed by atoms with Crippen LogP contribution in [0.2, 0.25) is 5.02 Å². The second-order valence-electron chi connectivity index (χ2n) is 4.42. The van der Waals surface area contributed by atoms with Crippen molar-refractivity contribution in [3.05, 3.63) is 21.6 Å². The van der Waals surface area contributed by atoms with Gasteiger partial charge in [-0.1, -0.05) is 24.4 Å². The minimum atomic E-state index is -0.424. The summed E-state index contributed by atoms with van der Waals surface area (Å²) in [5.74, 6) is 0.358. The highest BCUT2D eigenvalue weighted by Gasteiger charge is 2.23. The molecule has 0 aromatic carbocycles. The number of halogens is 1. The lowest BCUT2D eigenvalue weighted by Crippen LogP contribution is -2.27.